The zero-order chi connectivity index (χ0) is 23.8. The van der Waals surface area contributed by atoms with Crippen molar-refractivity contribution in [2.24, 2.45) is 5.92 Å². The van der Waals surface area contributed by atoms with E-state index in [4.69, 9.17) is 23.7 Å². The molecular weight excluding hydrogens is 424 g/mol. The van der Waals surface area contributed by atoms with Gasteiger partial charge in [-0.2, -0.15) is 0 Å². The number of rotatable bonds is 6. The van der Waals surface area contributed by atoms with E-state index >= 15 is 0 Å². The molecule has 178 valence electrons. The second-order valence-electron chi connectivity index (χ2n) is 9.11. The number of hydrogen-bond acceptors (Lipinski definition) is 7. The van der Waals surface area contributed by atoms with E-state index in [1.807, 2.05) is 6.92 Å². The second-order valence-corrected chi connectivity index (χ2v) is 9.11. The van der Waals surface area contributed by atoms with Crippen LogP contribution in [0.5, 0.6) is 5.75 Å². The minimum Gasteiger partial charge on any atom is -0.497 e. The molecular formula is C26H32O7. The number of ether oxygens (including phenoxy) is 5. The number of epoxide rings is 1. The summed E-state index contributed by atoms with van der Waals surface area (Å²) in [5.74, 6) is -0.418. The van der Waals surface area contributed by atoms with E-state index in [0.717, 1.165) is 18.4 Å². The maximum absolute atomic E-state index is 12.9. The Balaban J connectivity index is 1.64. The molecule has 0 spiro atoms. The third kappa shape index (κ3) is 4.70. The molecule has 1 unspecified atom stereocenters. The highest BCUT2D eigenvalue weighted by molar-refractivity contribution is 5.91. The van der Waals surface area contributed by atoms with E-state index in [1.54, 1.807) is 38.3 Å². The summed E-state index contributed by atoms with van der Waals surface area (Å²) in [6, 6.07) is 7.17. The maximum Gasteiger partial charge on any atom is 0.339 e. The molecule has 33 heavy (non-hydrogen) atoms. The SMILES string of the molecule is C=C1C(=O)O[C@@H]2[C@H]3O[C@]3(C)CC/C=C(\C)[C@@H](OC(C(=O)OCC)c3ccc(OC)cc3)C[C@@H]12. The average molecular weight is 457 g/mol. The fourth-order valence-corrected chi connectivity index (χ4v) is 4.78. The number of carbonyl (C=O) groups is 2. The van der Waals surface area contributed by atoms with Gasteiger partial charge in [0.15, 0.2) is 6.10 Å². The first-order chi connectivity index (χ1) is 15.8. The molecule has 2 fully saturated rings. The highest BCUT2D eigenvalue weighted by Crippen LogP contribution is 2.50. The largest absolute Gasteiger partial charge is 0.497 e. The van der Waals surface area contributed by atoms with Gasteiger partial charge in [-0.1, -0.05) is 24.8 Å². The van der Waals surface area contributed by atoms with Crippen LogP contribution in [0, 0.1) is 5.92 Å². The van der Waals surface area contributed by atoms with Gasteiger partial charge in [0.05, 0.1) is 25.4 Å². The molecule has 2 aliphatic heterocycles. The van der Waals surface area contributed by atoms with Crippen molar-refractivity contribution in [3.63, 3.8) is 0 Å². The van der Waals surface area contributed by atoms with Gasteiger partial charge in [0.2, 0.25) is 0 Å². The van der Waals surface area contributed by atoms with Gasteiger partial charge < -0.3 is 23.7 Å². The number of hydrogen-bond donors (Lipinski definition) is 0. The molecule has 0 radical (unpaired) electrons. The van der Waals surface area contributed by atoms with Gasteiger partial charge in [0, 0.05) is 11.5 Å². The summed E-state index contributed by atoms with van der Waals surface area (Å²) in [5, 5.41) is 0. The summed E-state index contributed by atoms with van der Waals surface area (Å²) >= 11 is 0. The molecule has 3 aliphatic rings. The Labute approximate surface area is 194 Å². The van der Waals surface area contributed by atoms with Crippen molar-refractivity contribution in [1.82, 2.24) is 0 Å². The third-order valence-electron chi connectivity index (χ3n) is 6.89. The molecule has 2 saturated heterocycles. The highest BCUT2D eigenvalue weighted by atomic mass is 16.6. The number of carbonyl (C=O) groups excluding carboxylic acids is 2. The summed E-state index contributed by atoms with van der Waals surface area (Å²) in [5.41, 5.74) is 1.80. The molecule has 7 nitrogen and oxygen atoms in total. The number of methoxy groups -OCH3 is 1. The Bertz CT molecular complexity index is 950. The number of esters is 2. The predicted molar refractivity (Wildman–Crippen MR) is 121 cm³/mol. The summed E-state index contributed by atoms with van der Waals surface area (Å²) < 4.78 is 28.7. The van der Waals surface area contributed by atoms with E-state index in [0.29, 0.717) is 23.3 Å². The molecule has 1 aromatic rings. The average Bonchev–Trinajstić information content (AvgIpc) is 3.39. The summed E-state index contributed by atoms with van der Waals surface area (Å²) in [7, 11) is 1.59. The minimum absolute atomic E-state index is 0.152. The van der Waals surface area contributed by atoms with E-state index < -0.39 is 24.3 Å². The van der Waals surface area contributed by atoms with Gasteiger partial charge in [0.25, 0.3) is 0 Å². The van der Waals surface area contributed by atoms with Crippen LogP contribution in [0.15, 0.2) is 48.1 Å². The zero-order valence-electron chi connectivity index (χ0n) is 19.7. The van der Waals surface area contributed by atoms with Crippen LogP contribution < -0.4 is 4.74 Å². The van der Waals surface area contributed by atoms with Crippen LogP contribution in [0.1, 0.15) is 51.7 Å². The molecule has 0 saturated carbocycles. The predicted octanol–water partition coefficient (Wildman–Crippen LogP) is 4.07. The number of benzene rings is 1. The lowest BCUT2D eigenvalue weighted by molar-refractivity contribution is -0.160. The Morgan fingerprint density at radius 3 is 2.70 bits per heavy atom. The van der Waals surface area contributed by atoms with Gasteiger partial charge in [-0.05, 0) is 63.3 Å². The van der Waals surface area contributed by atoms with Crippen molar-refractivity contribution in [2.45, 2.75) is 70.1 Å². The molecule has 4 rings (SSSR count). The second kappa shape index (κ2) is 9.31. The van der Waals surface area contributed by atoms with Crippen molar-refractivity contribution in [1.29, 1.82) is 0 Å². The fraction of sp³-hybridized carbons (Fsp3) is 0.538. The van der Waals surface area contributed by atoms with Crippen LogP contribution in [0.25, 0.3) is 0 Å². The molecule has 1 aliphatic carbocycles. The van der Waals surface area contributed by atoms with Crippen LogP contribution in [-0.2, 0) is 28.5 Å². The van der Waals surface area contributed by atoms with Gasteiger partial charge in [-0.25, -0.2) is 9.59 Å². The lowest BCUT2D eigenvalue weighted by Crippen LogP contribution is -2.34. The van der Waals surface area contributed by atoms with E-state index in [1.165, 1.54) is 0 Å². The Kier molecular flexibility index (Phi) is 6.64. The Morgan fingerprint density at radius 2 is 2.03 bits per heavy atom. The van der Waals surface area contributed by atoms with Gasteiger partial charge in [-0.3, -0.25) is 0 Å². The number of fused-ring (bicyclic) bond motifs is 3. The zero-order valence-corrected chi connectivity index (χ0v) is 19.7. The standard InChI is InChI=1S/C26H32O7/c1-6-30-25(28)21(17-9-11-18(29-5)12-10-17)31-20-14-19-16(3)24(27)32-22(19)23-26(4,33-23)13-7-8-15(20)2/h8-12,19-23H,3,6-7,13-14H2,1-2,4-5H3/b15-8+/t19-,20-,21?,22-,23+,26+/m0/s1. The van der Waals surface area contributed by atoms with Crippen molar-refractivity contribution in [2.75, 3.05) is 13.7 Å². The molecule has 2 heterocycles. The van der Waals surface area contributed by atoms with Crippen LogP contribution in [-0.4, -0.2) is 49.6 Å². The normalized spacial score (nSPS) is 33.6. The van der Waals surface area contributed by atoms with E-state index in [2.05, 4.69) is 19.6 Å². The Morgan fingerprint density at radius 1 is 1.30 bits per heavy atom. The first-order valence-corrected chi connectivity index (χ1v) is 11.5. The van der Waals surface area contributed by atoms with Gasteiger partial charge in [0.1, 0.15) is 18.0 Å². The van der Waals surface area contributed by atoms with Crippen molar-refractivity contribution in [3.8, 4) is 5.75 Å². The molecule has 7 heteroatoms. The summed E-state index contributed by atoms with van der Waals surface area (Å²) in [4.78, 5) is 25.3. The molecule has 6 atom stereocenters. The van der Waals surface area contributed by atoms with Crippen LogP contribution in [0.3, 0.4) is 0 Å². The fourth-order valence-electron chi connectivity index (χ4n) is 4.78. The lowest BCUT2D eigenvalue weighted by atomic mass is 9.83. The molecule has 0 amide bonds. The van der Waals surface area contributed by atoms with Crippen molar-refractivity contribution >= 4 is 11.9 Å². The maximum atomic E-state index is 12.9. The summed E-state index contributed by atoms with van der Waals surface area (Å²) in [6.07, 6.45) is 2.31. The third-order valence-corrected chi connectivity index (χ3v) is 6.89. The van der Waals surface area contributed by atoms with Crippen molar-refractivity contribution in [3.05, 3.63) is 53.6 Å². The van der Waals surface area contributed by atoms with E-state index in [9.17, 15) is 9.59 Å². The first-order valence-electron chi connectivity index (χ1n) is 11.5. The van der Waals surface area contributed by atoms with Crippen LogP contribution in [0.4, 0.5) is 0 Å². The first kappa shape index (κ1) is 23.5. The molecule has 0 N–H and O–H groups in total. The molecule has 0 aromatic heterocycles. The van der Waals surface area contributed by atoms with Gasteiger partial charge >= 0.3 is 11.9 Å². The minimum atomic E-state index is -0.917. The molecule has 0 bridgehead atoms. The van der Waals surface area contributed by atoms with Crippen LogP contribution >= 0.6 is 0 Å². The highest BCUT2D eigenvalue weighted by Gasteiger charge is 2.61. The lowest BCUT2D eigenvalue weighted by Gasteiger charge is -2.29. The number of allylic oxidation sites excluding steroid dienone is 1. The quantitative estimate of drug-likeness (QED) is 0.276. The van der Waals surface area contributed by atoms with Crippen molar-refractivity contribution < 1.29 is 33.3 Å². The molecule has 1 aromatic carbocycles. The van der Waals surface area contributed by atoms with Crippen LogP contribution in [0.2, 0.25) is 0 Å². The topological polar surface area (TPSA) is 83.6 Å². The smallest absolute Gasteiger partial charge is 0.339 e. The van der Waals surface area contributed by atoms with Gasteiger partial charge in [-0.15, -0.1) is 0 Å². The summed E-state index contributed by atoms with van der Waals surface area (Å²) in [6.45, 7) is 10.1. The Hall–Kier alpha value is -2.64. The van der Waals surface area contributed by atoms with E-state index in [-0.39, 0.29) is 30.2 Å². The monoisotopic (exact) mass is 456 g/mol.